The second-order valence-electron chi connectivity index (χ2n) is 6.16. The maximum absolute atomic E-state index is 10.1. The largest absolute Gasteiger partial charge is 0.391 e. The van der Waals surface area contributed by atoms with Crippen molar-refractivity contribution in [1.82, 2.24) is 19.9 Å². The fraction of sp³-hybridized carbons (Fsp3) is 0.625. The summed E-state index contributed by atoms with van der Waals surface area (Å²) in [6.07, 6.45) is 3.32. The van der Waals surface area contributed by atoms with Gasteiger partial charge in [0.15, 0.2) is 11.6 Å². The van der Waals surface area contributed by atoms with Crippen LogP contribution in [0.3, 0.4) is 0 Å². The Hall–Kier alpha value is -2.13. The van der Waals surface area contributed by atoms with E-state index in [4.69, 9.17) is 0 Å². The first kappa shape index (κ1) is 20.2. The molecule has 0 aliphatic heterocycles. The second-order valence-corrected chi connectivity index (χ2v) is 6.16. The third-order valence-electron chi connectivity index (χ3n) is 4.33. The van der Waals surface area contributed by atoms with Crippen molar-refractivity contribution in [2.75, 3.05) is 41.9 Å². The minimum absolute atomic E-state index is 0. The van der Waals surface area contributed by atoms with Gasteiger partial charge in [-0.1, -0.05) is 6.92 Å². The normalized spacial score (nSPS) is 19.1. The van der Waals surface area contributed by atoms with Gasteiger partial charge in [-0.2, -0.15) is 9.97 Å². The summed E-state index contributed by atoms with van der Waals surface area (Å²) in [6.45, 7) is 2.89. The van der Waals surface area contributed by atoms with Gasteiger partial charge in [-0.25, -0.2) is 9.97 Å². The number of rotatable bonds is 7. The molecule has 0 radical (unpaired) electrons. The third-order valence-corrected chi connectivity index (χ3v) is 4.33. The van der Waals surface area contributed by atoms with Crippen molar-refractivity contribution in [2.45, 2.75) is 44.8 Å². The van der Waals surface area contributed by atoms with Crippen molar-refractivity contribution in [3.8, 4) is 0 Å². The monoisotopic (exact) mass is 382 g/mol. The van der Waals surface area contributed by atoms with E-state index in [0.717, 1.165) is 32.2 Å². The highest BCUT2D eigenvalue weighted by Gasteiger charge is 2.27. The zero-order valence-corrected chi connectivity index (χ0v) is 16.2. The zero-order valence-electron chi connectivity index (χ0n) is 15.3. The molecule has 26 heavy (non-hydrogen) atoms. The van der Waals surface area contributed by atoms with Gasteiger partial charge in [-0.15, -0.1) is 12.4 Å². The van der Waals surface area contributed by atoms with Crippen LogP contribution in [0.15, 0.2) is 0 Å². The zero-order chi connectivity index (χ0) is 17.8. The van der Waals surface area contributed by atoms with Crippen LogP contribution in [0.25, 0.3) is 11.0 Å². The molecule has 3 rings (SSSR count). The molecule has 2 aromatic rings. The molecule has 9 nitrogen and oxygen atoms in total. The summed E-state index contributed by atoms with van der Waals surface area (Å²) in [5.41, 5.74) is 1.29. The average molecular weight is 383 g/mol. The SMILES string of the molecule is CCCNc1nc(NC)nc2c(N[C@@H]3CCC[C@H]3O)nc(NC)nc12.Cl. The number of halogens is 1. The summed E-state index contributed by atoms with van der Waals surface area (Å²) >= 11 is 0. The van der Waals surface area contributed by atoms with Crippen LogP contribution < -0.4 is 21.3 Å². The van der Waals surface area contributed by atoms with Gasteiger partial charge < -0.3 is 26.4 Å². The molecule has 0 bridgehead atoms. The summed E-state index contributed by atoms with van der Waals surface area (Å²) in [6, 6.07) is -0.0251. The maximum Gasteiger partial charge on any atom is 0.225 e. The van der Waals surface area contributed by atoms with Crippen LogP contribution in [0.1, 0.15) is 32.6 Å². The number of fused-ring (bicyclic) bond motifs is 1. The van der Waals surface area contributed by atoms with E-state index >= 15 is 0 Å². The molecule has 144 valence electrons. The first-order chi connectivity index (χ1) is 12.2. The number of aliphatic hydroxyl groups excluding tert-OH is 1. The van der Waals surface area contributed by atoms with Crippen LogP contribution >= 0.6 is 12.4 Å². The van der Waals surface area contributed by atoms with Gasteiger partial charge in [0.05, 0.1) is 12.1 Å². The second kappa shape index (κ2) is 9.00. The Bertz CT molecular complexity index is 744. The quantitative estimate of drug-likeness (QED) is 0.490. The Kier molecular flexibility index (Phi) is 6.98. The topological polar surface area (TPSA) is 120 Å². The molecular formula is C16H27ClN8O. The highest BCUT2D eigenvalue weighted by Crippen LogP contribution is 2.29. The molecule has 2 aromatic heterocycles. The van der Waals surface area contributed by atoms with Gasteiger partial charge in [0.25, 0.3) is 0 Å². The highest BCUT2D eigenvalue weighted by molar-refractivity contribution is 5.94. The van der Waals surface area contributed by atoms with E-state index in [-0.39, 0.29) is 24.6 Å². The summed E-state index contributed by atoms with van der Waals surface area (Å²) in [5.74, 6) is 2.27. The fourth-order valence-electron chi connectivity index (χ4n) is 2.99. The van der Waals surface area contributed by atoms with E-state index in [1.54, 1.807) is 14.1 Å². The van der Waals surface area contributed by atoms with Gasteiger partial charge in [0.1, 0.15) is 11.0 Å². The van der Waals surface area contributed by atoms with Gasteiger partial charge in [-0.05, 0) is 25.7 Å². The molecule has 2 heterocycles. The molecule has 0 saturated heterocycles. The Morgan fingerprint density at radius 2 is 1.58 bits per heavy atom. The van der Waals surface area contributed by atoms with Crippen LogP contribution in [-0.2, 0) is 0 Å². The van der Waals surface area contributed by atoms with Crippen LogP contribution in [0, 0.1) is 0 Å². The first-order valence-electron chi connectivity index (χ1n) is 8.80. The molecule has 0 unspecified atom stereocenters. The van der Waals surface area contributed by atoms with E-state index < -0.39 is 0 Å². The van der Waals surface area contributed by atoms with Crippen molar-refractivity contribution in [1.29, 1.82) is 0 Å². The molecule has 0 spiro atoms. The van der Waals surface area contributed by atoms with Crippen molar-refractivity contribution in [3.63, 3.8) is 0 Å². The van der Waals surface area contributed by atoms with Crippen LogP contribution in [0.4, 0.5) is 23.5 Å². The molecule has 2 atom stereocenters. The van der Waals surface area contributed by atoms with Crippen molar-refractivity contribution in [2.24, 2.45) is 0 Å². The van der Waals surface area contributed by atoms with Crippen LogP contribution in [-0.4, -0.2) is 57.8 Å². The Labute approximate surface area is 159 Å². The lowest BCUT2D eigenvalue weighted by Gasteiger charge is -2.19. The van der Waals surface area contributed by atoms with E-state index in [1.807, 2.05) is 0 Å². The predicted molar refractivity (Wildman–Crippen MR) is 108 cm³/mol. The third kappa shape index (κ3) is 4.16. The number of anilines is 4. The lowest BCUT2D eigenvalue weighted by Crippen LogP contribution is -2.28. The van der Waals surface area contributed by atoms with Crippen molar-refractivity contribution < 1.29 is 5.11 Å². The van der Waals surface area contributed by atoms with Gasteiger partial charge in [0, 0.05) is 20.6 Å². The summed E-state index contributed by atoms with van der Waals surface area (Å²) in [5, 5.41) is 22.8. The molecule has 1 aliphatic carbocycles. The smallest absolute Gasteiger partial charge is 0.225 e. The van der Waals surface area contributed by atoms with Gasteiger partial charge in [-0.3, -0.25) is 0 Å². The van der Waals surface area contributed by atoms with E-state index in [0.29, 0.717) is 34.6 Å². The number of hydrogen-bond donors (Lipinski definition) is 5. The van der Waals surface area contributed by atoms with E-state index in [2.05, 4.69) is 48.1 Å². The molecule has 0 aromatic carbocycles. The lowest BCUT2D eigenvalue weighted by atomic mass is 10.2. The number of nitrogens with zero attached hydrogens (tertiary/aromatic N) is 4. The predicted octanol–water partition coefficient (Wildman–Crippen LogP) is 2.07. The standard InChI is InChI=1S/C16H26N8O.ClH/c1-4-8-19-13-11-12(22-15(17-2)23-13)14(24-16(18-3)21-11)20-9-6-5-7-10(9)25;/h9-10,25H,4-8H2,1-3H3,(H2,17,19,22,23)(H2,18,20,21,24);1H/t9-,10-;/m1./s1. The average Bonchev–Trinajstić information content (AvgIpc) is 3.04. The van der Waals surface area contributed by atoms with Gasteiger partial charge >= 0.3 is 0 Å². The number of nitrogens with one attached hydrogen (secondary N) is 4. The summed E-state index contributed by atoms with van der Waals surface area (Å²) in [4.78, 5) is 18.1. The molecule has 1 aliphatic rings. The highest BCUT2D eigenvalue weighted by atomic mass is 35.5. The number of aliphatic hydroxyl groups is 1. The molecule has 0 amide bonds. The molecule has 1 saturated carbocycles. The molecule has 5 N–H and O–H groups in total. The van der Waals surface area contributed by atoms with Crippen molar-refractivity contribution in [3.05, 3.63) is 0 Å². The van der Waals surface area contributed by atoms with Crippen LogP contribution in [0.5, 0.6) is 0 Å². The minimum Gasteiger partial charge on any atom is -0.391 e. The fourth-order valence-corrected chi connectivity index (χ4v) is 2.99. The lowest BCUT2D eigenvalue weighted by molar-refractivity contribution is 0.171. The molecule has 10 heteroatoms. The Balaban J connectivity index is 0.00000243. The van der Waals surface area contributed by atoms with Gasteiger partial charge in [0.2, 0.25) is 11.9 Å². The van der Waals surface area contributed by atoms with E-state index in [9.17, 15) is 5.11 Å². The Morgan fingerprint density at radius 3 is 2.12 bits per heavy atom. The molecular weight excluding hydrogens is 356 g/mol. The molecule has 1 fully saturated rings. The Morgan fingerprint density at radius 1 is 0.962 bits per heavy atom. The minimum atomic E-state index is -0.369. The number of hydrogen-bond acceptors (Lipinski definition) is 9. The first-order valence-corrected chi connectivity index (χ1v) is 8.80. The maximum atomic E-state index is 10.1. The van der Waals surface area contributed by atoms with Crippen molar-refractivity contribution >= 4 is 47.0 Å². The van der Waals surface area contributed by atoms with Crippen LogP contribution in [0.2, 0.25) is 0 Å². The summed E-state index contributed by atoms with van der Waals surface area (Å²) in [7, 11) is 3.55. The number of aromatic nitrogens is 4. The van der Waals surface area contributed by atoms with E-state index in [1.165, 1.54) is 0 Å². The summed E-state index contributed by atoms with van der Waals surface area (Å²) < 4.78 is 0.